The van der Waals surface area contributed by atoms with Crippen LogP contribution in [0.25, 0.3) is 22.2 Å². The number of H-pyrrole nitrogens is 2. The average molecular weight is 211 g/mol. The Kier molecular flexibility index (Phi) is 1.86. The number of para-hydroxylation sites is 1. The van der Waals surface area contributed by atoms with E-state index in [4.69, 9.17) is 0 Å². The molecule has 2 heterocycles. The predicted octanol–water partition coefficient (Wildman–Crippen LogP) is 1.92. The largest absolute Gasteiger partial charge is 0.360 e. The molecule has 2 aromatic heterocycles. The van der Waals surface area contributed by atoms with Gasteiger partial charge in [-0.3, -0.25) is 0 Å². The summed E-state index contributed by atoms with van der Waals surface area (Å²) < 4.78 is 0. The van der Waals surface area contributed by atoms with Gasteiger partial charge in [-0.25, -0.2) is 9.78 Å². The Morgan fingerprint density at radius 1 is 1.12 bits per heavy atom. The quantitative estimate of drug-likeness (QED) is 0.646. The van der Waals surface area contributed by atoms with E-state index in [-0.39, 0.29) is 5.69 Å². The highest BCUT2D eigenvalue weighted by Crippen LogP contribution is 2.25. The van der Waals surface area contributed by atoms with E-state index < -0.39 is 0 Å². The minimum absolute atomic E-state index is 0.331. The van der Waals surface area contributed by atoms with Crippen LogP contribution in [0.2, 0.25) is 0 Å². The van der Waals surface area contributed by atoms with Crippen LogP contribution in [0, 0.1) is 0 Å². The van der Waals surface area contributed by atoms with Gasteiger partial charge in [-0.1, -0.05) is 18.2 Å². The molecule has 0 amide bonds. The zero-order valence-corrected chi connectivity index (χ0v) is 8.40. The van der Waals surface area contributed by atoms with Gasteiger partial charge in [-0.05, 0) is 12.1 Å². The van der Waals surface area contributed by atoms with Gasteiger partial charge in [0.2, 0.25) is 0 Å². The van der Waals surface area contributed by atoms with Gasteiger partial charge in [-0.2, -0.15) is 0 Å². The second kappa shape index (κ2) is 3.34. The zero-order chi connectivity index (χ0) is 11.0. The normalized spacial score (nSPS) is 10.8. The summed E-state index contributed by atoms with van der Waals surface area (Å²) in [4.78, 5) is 20.6. The molecule has 0 fully saturated rings. The van der Waals surface area contributed by atoms with Crippen LogP contribution in [0.5, 0.6) is 0 Å². The van der Waals surface area contributed by atoms with Crippen molar-refractivity contribution in [3.63, 3.8) is 0 Å². The van der Waals surface area contributed by atoms with Crippen molar-refractivity contribution in [3.05, 3.63) is 53.2 Å². The van der Waals surface area contributed by atoms with E-state index in [0.717, 1.165) is 22.2 Å². The van der Waals surface area contributed by atoms with Crippen molar-refractivity contribution in [2.24, 2.45) is 0 Å². The fourth-order valence-electron chi connectivity index (χ4n) is 1.82. The fourth-order valence-corrected chi connectivity index (χ4v) is 1.82. The number of rotatable bonds is 1. The smallest absolute Gasteiger partial charge is 0.345 e. The molecule has 3 rings (SSSR count). The Balaban J connectivity index is 2.30. The molecule has 0 saturated carbocycles. The molecule has 78 valence electrons. The minimum atomic E-state index is -0.331. The Morgan fingerprint density at radius 2 is 2.00 bits per heavy atom. The summed E-state index contributed by atoms with van der Waals surface area (Å²) in [6.45, 7) is 0. The lowest BCUT2D eigenvalue weighted by atomic mass is 10.1. The third-order valence-corrected chi connectivity index (χ3v) is 2.55. The van der Waals surface area contributed by atoms with Gasteiger partial charge in [0.05, 0.1) is 5.69 Å². The lowest BCUT2D eigenvalue weighted by molar-refractivity contribution is 1.08. The molecule has 0 atom stereocenters. The summed E-state index contributed by atoms with van der Waals surface area (Å²) >= 11 is 0. The summed E-state index contributed by atoms with van der Waals surface area (Å²) in [5, 5.41) is 1.09. The maximum atomic E-state index is 11.1. The maximum absolute atomic E-state index is 11.1. The number of hydrogen-bond acceptors (Lipinski definition) is 2. The van der Waals surface area contributed by atoms with E-state index in [1.807, 2.05) is 30.5 Å². The molecule has 0 aliphatic rings. The van der Waals surface area contributed by atoms with Crippen LogP contribution >= 0.6 is 0 Å². The highest BCUT2D eigenvalue weighted by atomic mass is 16.1. The van der Waals surface area contributed by atoms with Crippen molar-refractivity contribution < 1.29 is 0 Å². The fraction of sp³-hybridized carbons (Fsp3) is 0. The van der Waals surface area contributed by atoms with Crippen LogP contribution in [0.1, 0.15) is 0 Å². The number of nitrogens with one attached hydrogen (secondary N) is 2. The second-order valence-electron chi connectivity index (χ2n) is 3.54. The third-order valence-electron chi connectivity index (χ3n) is 2.55. The van der Waals surface area contributed by atoms with Gasteiger partial charge < -0.3 is 9.97 Å². The molecule has 0 saturated heterocycles. The van der Waals surface area contributed by atoms with Gasteiger partial charge >= 0.3 is 5.69 Å². The number of aromatic nitrogens is 3. The first-order chi connectivity index (χ1) is 7.84. The number of hydrogen-bond donors (Lipinski definition) is 2. The molecular weight excluding hydrogens is 202 g/mol. The topological polar surface area (TPSA) is 61.5 Å². The molecule has 0 unspecified atom stereocenters. The minimum Gasteiger partial charge on any atom is -0.360 e. The first-order valence-corrected chi connectivity index (χ1v) is 4.96. The Bertz CT molecular complexity index is 696. The van der Waals surface area contributed by atoms with Crippen molar-refractivity contribution >= 4 is 10.9 Å². The number of benzene rings is 1. The van der Waals surface area contributed by atoms with Gasteiger partial charge in [0.15, 0.2) is 0 Å². The summed E-state index contributed by atoms with van der Waals surface area (Å²) in [5.41, 5.74) is 2.48. The lowest BCUT2D eigenvalue weighted by Crippen LogP contribution is -2.08. The number of nitrogens with zero attached hydrogens (tertiary/aromatic N) is 1. The predicted molar refractivity (Wildman–Crippen MR) is 62.2 cm³/mol. The Labute approximate surface area is 91.0 Å². The summed E-state index contributed by atoms with van der Waals surface area (Å²) in [6, 6.07) is 9.74. The lowest BCUT2D eigenvalue weighted by Gasteiger charge is -1.97. The highest BCUT2D eigenvalue weighted by molar-refractivity contribution is 5.94. The first-order valence-electron chi connectivity index (χ1n) is 4.96. The zero-order valence-electron chi connectivity index (χ0n) is 8.40. The number of fused-ring (bicyclic) bond motifs is 1. The summed E-state index contributed by atoms with van der Waals surface area (Å²) in [6.07, 6.45) is 3.39. The molecule has 0 radical (unpaired) electrons. The van der Waals surface area contributed by atoms with Crippen molar-refractivity contribution in [1.82, 2.24) is 15.0 Å². The van der Waals surface area contributed by atoms with E-state index in [1.54, 1.807) is 6.07 Å². The van der Waals surface area contributed by atoms with Crippen LogP contribution in [0.4, 0.5) is 0 Å². The van der Waals surface area contributed by atoms with E-state index in [2.05, 4.69) is 15.0 Å². The first kappa shape index (κ1) is 8.91. The Morgan fingerprint density at radius 3 is 2.88 bits per heavy atom. The molecule has 0 aliphatic carbocycles. The van der Waals surface area contributed by atoms with Crippen molar-refractivity contribution in [3.8, 4) is 11.3 Å². The van der Waals surface area contributed by atoms with E-state index in [9.17, 15) is 4.79 Å². The molecule has 0 bridgehead atoms. The van der Waals surface area contributed by atoms with Gasteiger partial charge in [0.25, 0.3) is 0 Å². The van der Waals surface area contributed by atoms with Crippen LogP contribution in [-0.2, 0) is 0 Å². The van der Waals surface area contributed by atoms with Crippen LogP contribution in [0.3, 0.4) is 0 Å². The SMILES string of the molecule is O=c1nccc(-c2c[nH]c3ccccc23)[nH]1. The maximum Gasteiger partial charge on any atom is 0.345 e. The van der Waals surface area contributed by atoms with Gasteiger partial charge in [0, 0.05) is 28.9 Å². The highest BCUT2D eigenvalue weighted by Gasteiger charge is 2.05. The Hall–Kier alpha value is -2.36. The molecule has 4 heteroatoms. The van der Waals surface area contributed by atoms with Crippen LogP contribution < -0.4 is 5.69 Å². The van der Waals surface area contributed by atoms with Crippen molar-refractivity contribution in [2.75, 3.05) is 0 Å². The molecule has 16 heavy (non-hydrogen) atoms. The molecule has 0 spiro atoms. The van der Waals surface area contributed by atoms with E-state index in [0.29, 0.717) is 0 Å². The second-order valence-corrected chi connectivity index (χ2v) is 3.54. The molecular formula is C12H9N3O. The average Bonchev–Trinajstić information content (AvgIpc) is 2.72. The summed E-state index contributed by atoms with van der Waals surface area (Å²) in [5.74, 6) is 0. The third kappa shape index (κ3) is 1.32. The monoisotopic (exact) mass is 211 g/mol. The standard InChI is InChI=1S/C12H9N3O/c16-12-13-6-5-11(15-12)9-7-14-10-4-2-1-3-8(9)10/h1-7,14H,(H,13,15,16). The van der Waals surface area contributed by atoms with Crippen molar-refractivity contribution in [2.45, 2.75) is 0 Å². The van der Waals surface area contributed by atoms with Crippen LogP contribution in [-0.4, -0.2) is 15.0 Å². The van der Waals surface area contributed by atoms with Gasteiger partial charge in [-0.15, -0.1) is 0 Å². The number of aromatic amines is 2. The molecule has 1 aromatic carbocycles. The van der Waals surface area contributed by atoms with E-state index >= 15 is 0 Å². The molecule has 4 nitrogen and oxygen atoms in total. The summed E-state index contributed by atoms with van der Waals surface area (Å²) in [7, 11) is 0. The van der Waals surface area contributed by atoms with Gasteiger partial charge in [0.1, 0.15) is 0 Å². The van der Waals surface area contributed by atoms with Crippen LogP contribution in [0.15, 0.2) is 47.5 Å². The molecule has 0 aliphatic heterocycles. The van der Waals surface area contributed by atoms with E-state index in [1.165, 1.54) is 6.20 Å². The molecule has 2 N–H and O–H groups in total. The molecule has 3 aromatic rings. The van der Waals surface area contributed by atoms with Crippen molar-refractivity contribution in [1.29, 1.82) is 0 Å².